The number of quaternary nitrogens is 1. The topological polar surface area (TPSA) is 63.5 Å². The Kier molecular flexibility index (Phi) is 5.01. The monoisotopic (exact) mass is 370 g/mol. The van der Waals surface area contributed by atoms with Crippen molar-refractivity contribution in [3.05, 3.63) is 100 Å². The lowest BCUT2D eigenvalue weighted by molar-refractivity contribution is -0.890. The molecule has 0 aromatic heterocycles. The second kappa shape index (κ2) is 7.75. The summed E-state index contributed by atoms with van der Waals surface area (Å²) in [6.45, 7) is 4.92. The minimum atomic E-state index is -0.157. The molecular formula is C24H24N3O+. The molecule has 0 aliphatic carbocycles. The van der Waals surface area contributed by atoms with Crippen LogP contribution in [0, 0.1) is 11.3 Å². The zero-order chi connectivity index (χ0) is 19.5. The van der Waals surface area contributed by atoms with Gasteiger partial charge in [0, 0.05) is 11.1 Å². The number of likely N-dealkylation sites (N-methyl/N-ethyl adjacent to an activating group) is 1. The molecule has 0 spiro atoms. The molecule has 2 atom stereocenters. The number of hydrogen-bond acceptors (Lipinski definition) is 3. The zero-order valence-corrected chi connectivity index (χ0v) is 16.0. The maximum absolute atomic E-state index is 9.80. The first-order valence-electron chi connectivity index (χ1n) is 9.66. The maximum Gasteiger partial charge on any atom is 0.205 e. The summed E-state index contributed by atoms with van der Waals surface area (Å²) in [5.74, 6) is 0.899. The van der Waals surface area contributed by atoms with Crippen LogP contribution in [0.3, 0.4) is 0 Å². The Morgan fingerprint density at radius 3 is 2.43 bits per heavy atom. The first-order chi connectivity index (χ1) is 13.7. The van der Waals surface area contributed by atoms with Crippen LogP contribution in [-0.4, -0.2) is 19.6 Å². The molecule has 0 fully saturated rings. The van der Waals surface area contributed by atoms with Crippen LogP contribution in [0.5, 0.6) is 0 Å². The maximum atomic E-state index is 9.80. The molecule has 1 unspecified atom stereocenters. The highest BCUT2D eigenvalue weighted by Gasteiger charge is 2.39. The fourth-order valence-electron chi connectivity index (χ4n) is 4.06. The number of nitrogens with one attached hydrogen (secondary N) is 1. The third-order valence-corrected chi connectivity index (χ3v) is 5.47. The van der Waals surface area contributed by atoms with Crippen molar-refractivity contribution < 1.29 is 9.64 Å². The Bertz CT molecular complexity index is 997. The van der Waals surface area contributed by atoms with E-state index in [4.69, 9.17) is 10.5 Å². The molecule has 4 heteroatoms. The van der Waals surface area contributed by atoms with Gasteiger partial charge in [0.2, 0.25) is 5.88 Å². The summed E-state index contributed by atoms with van der Waals surface area (Å²) in [6.07, 6.45) is 2.18. The lowest BCUT2D eigenvalue weighted by atomic mass is 9.80. The van der Waals surface area contributed by atoms with Gasteiger partial charge in [-0.25, -0.2) is 0 Å². The molecule has 0 saturated carbocycles. The summed E-state index contributed by atoms with van der Waals surface area (Å²) in [5.41, 5.74) is 11.2. The van der Waals surface area contributed by atoms with E-state index in [9.17, 15) is 5.26 Å². The van der Waals surface area contributed by atoms with Crippen molar-refractivity contribution in [2.45, 2.75) is 12.8 Å². The average Bonchev–Trinajstić information content (AvgIpc) is 2.74. The summed E-state index contributed by atoms with van der Waals surface area (Å²) in [6, 6.07) is 22.7. The van der Waals surface area contributed by atoms with E-state index in [1.165, 1.54) is 4.90 Å². The molecule has 2 aliphatic rings. The van der Waals surface area contributed by atoms with Crippen LogP contribution in [0.2, 0.25) is 0 Å². The van der Waals surface area contributed by atoms with Gasteiger partial charge in [0.1, 0.15) is 30.5 Å². The van der Waals surface area contributed by atoms with Crippen LogP contribution in [0.15, 0.2) is 89.0 Å². The van der Waals surface area contributed by atoms with Crippen LogP contribution >= 0.6 is 0 Å². The largest absolute Gasteiger partial charge is 0.440 e. The Labute approximate surface area is 165 Å². The first-order valence-corrected chi connectivity index (χ1v) is 9.66. The number of rotatable bonds is 3. The second-order valence-corrected chi connectivity index (χ2v) is 7.23. The summed E-state index contributed by atoms with van der Waals surface area (Å²) in [5, 5.41) is 9.80. The second-order valence-electron chi connectivity index (χ2n) is 7.23. The molecule has 4 nitrogen and oxygen atoms in total. The highest BCUT2D eigenvalue weighted by Crippen LogP contribution is 2.41. The summed E-state index contributed by atoms with van der Waals surface area (Å²) < 4.78 is 6.06. The van der Waals surface area contributed by atoms with E-state index in [1.54, 1.807) is 0 Å². The van der Waals surface area contributed by atoms with Gasteiger partial charge >= 0.3 is 0 Å². The normalized spacial score (nSPS) is 23.2. The van der Waals surface area contributed by atoms with Gasteiger partial charge in [0.05, 0.1) is 12.5 Å². The van der Waals surface area contributed by atoms with Gasteiger partial charge in [-0.3, -0.25) is 0 Å². The van der Waals surface area contributed by atoms with E-state index in [1.807, 2.05) is 36.4 Å². The van der Waals surface area contributed by atoms with Gasteiger partial charge in [-0.2, -0.15) is 5.26 Å². The number of nitrogens with zero attached hydrogens (tertiary/aromatic N) is 1. The van der Waals surface area contributed by atoms with Crippen molar-refractivity contribution in [3.8, 4) is 6.07 Å². The molecule has 0 bridgehead atoms. The van der Waals surface area contributed by atoms with E-state index in [0.29, 0.717) is 5.57 Å². The molecule has 0 radical (unpaired) electrons. The summed E-state index contributed by atoms with van der Waals surface area (Å²) >= 11 is 0. The van der Waals surface area contributed by atoms with Gasteiger partial charge in [0.15, 0.2) is 0 Å². The van der Waals surface area contributed by atoms with Gasteiger partial charge in [-0.15, -0.1) is 0 Å². The molecule has 2 heterocycles. The third-order valence-electron chi connectivity index (χ3n) is 5.47. The van der Waals surface area contributed by atoms with E-state index in [-0.39, 0.29) is 11.8 Å². The van der Waals surface area contributed by atoms with Crippen molar-refractivity contribution in [2.24, 2.45) is 5.73 Å². The fourth-order valence-corrected chi connectivity index (χ4v) is 4.06. The van der Waals surface area contributed by atoms with Crippen LogP contribution in [-0.2, 0) is 4.74 Å². The van der Waals surface area contributed by atoms with E-state index >= 15 is 0 Å². The van der Waals surface area contributed by atoms with E-state index in [2.05, 4.69) is 43.3 Å². The number of ether oxygens (including phenoxy) is 1. The zero-order valence-electron chi connectivity index (χ0n) is 16.0. The molecule has 4 rings (SSSR count). The number of benzene rings is 2. The lowest BCUT2D eigenvalue weighted by Crippen LogP contribution is -3.12. The Morgan fingerprint density at radius 1 is 1.11 bits per heavy atom. The third kappa shape index (κ3) is 3.33. The quantitative estimate of drug-likeness (QED) is 0.873. The molecule has 0 saturated heterocycles. The van der Waals surface area contributed by atoms with Crippen molar-refractivity contribution in [3.63, 3.8) is 0 Å². The van der Waals surface area contributed by atoms with Crippen molar-refractivity contribution >= 4 is 6.08 Å². The minimum Gasteiger partial charge on any atom is -0.440 e. The summed E-state index contributed by atoms with van der Waals surface area (Å²) in [7, 11) is 0. The van der Waals surface area contributed by atoms with E-state index in [0.717, 1.165) is 47.7 Å². The SMILES string of the molecule is CC[NH+]1CC(=Cc2ccccc2)C2=C(C1)[C@H](c1ccccc1)C(C#N)=C(N)O2. The van der Waals surface area contributed by atoms with Crippen LogP contribution < -0.4 is 10.6 Å². The minimum absolute atomic E-state index is 0.157. The smallest absolute Gasteiger partial charge is 0.205 e. The standard InChI is InChI=1S/C24H23N3O/c1-2-27-15-19(13-17-9-5-3-6-10-17)23-21(16-27)22(18-11-7-4-8-12-18)20(14-25)24(26)28-23/h3-13,22H,2,15-16,26H2,1H3/p+1/t22-/m1/s1. The Morgan fingerprint density at radius 2 is 1.79 bits per heavy atom. The molecular weight excluding hydrogens is 346 g/mol. The molecule has 2 aliphatic heterocycles. The van der Waals surface area contributed by atoms with Crippen LogP contribution in [0.25, 0.3) is 6.08 Å². The molecule has 28 heavy (non-hydrogen) atoms. The van der Waals surface area contributed by atoms with Gasteiger partial charge < -0.3 is 15.4 Å². The van der Waals surface area contributed by atoms with Gasteiger partial charge in [0.25, 0.3) is 0 Å². The first kappa shape index (κ1) is 18.1. The number of nitriles is 1. The number of allylic oxidation sites excluding steroid dienone is 1. The van der Waals surface area contributed by atoms with Crippen molar-refractivity contribution in [2.75, 3.05) is 19.6 Å². The Balaban J connectivity index is 1.87. The van der Waals surface area contributed by atoms with Gasteiger partial charge in [-0.1, -0.05) is 60.7 Å². The van der Waals surface area contributed by atoms with Crippen molar-refractivity contribution in [1.82, 2.24) is 0 Å². The molecule has 2 aromatic carbocycles. The fraction of sp³-hybridized carbons (Fsp3) is 0.208. The highest BCUT2D eigenvalue weighted by molar-refractivity contribution is 5.62. The van der Waals surface area contributed by atoms with Crippen LogP contribution in [0.4, 0.5) is 0 Å². The lowest BCUT2D eigenvalue weighted by Gasteiger charge is -2.35. The number of hydrogen-bond donors (Lipinski definition) is 2. The predicted octanol–water partition coefficient (Wildman–Crippen LogP) is 2.75. The van der Waals surface area contributed by atoms with Crippen molar-refractivity contribution in [1.29, 1.82) is 5.26 Å². The Hall–Kier alpha value is -3.29. The van der Waals surface area contributed by atoms with Crippen LogP contribution in [0.1, 0.15) is 24.0 Å². The summed E-state index contributed by atoms with van der Waals surface area (Å²) in [4.78, 5) is 1.45. The highest BCUT2D eigenvalue weighted by atomic mass is 16.5. The number of nitrogens with two attached hydrogens (primary N) is 1. The molecule has 140 valence electrons. The van der Waals surface area contributed by atoms with Gasteiger partial charge in [-0.05, 0) is 24.1 Å². The molecule has 0 amide bonds. The average molecular weight is 370 g/mol. The predicted molar refractivity (Wildman–Crippen MR) is 110 cm³/mol. The van der Waals surface area contributed by atoms with E-state index < -0.39 is 0 Å². The molecule has 2 aromatic rings. The molecule has 3 N–H and O–H groups in total.